The molecule has 2 fully saturated rings. The molecule has 5 nitrogen and oxygen atoms in total. The quantitative estimate of drug-likeness (QED) is 0.886. The maximum absolute atomic E-state index is 12.3. The number of aromatic nitrogens is 1. The zero-order valence-electron chi connectivity index (χ0n) is 15.8. The van der Waals surface area contributed by atoms with Crippen molar-refractivity contribution in [2.45, 2.75) is 38.3 Å². The molecule has 0 bridgehead atoms. The van der Waals surface area contributed by atoms with Crippen molar-refractivity contribution in [3.05, 3.63) is 59.9 Å². The lowest BCUT2D eigenvalue weighted by molar-refractivity contribution is 0.0933. The van der Waals surface area contributed by atoms with Crippen LogP contribution in [0.5, 0.6) is 0 Å². The Labute approximate surface area is 161 Å². The predicted octanol–water partition coefficient (Wildman–Crippen LogP) is 3.08. The molecule has 2 aliphatic rings. The van der Waals surface area contributed by atoms with Crippen molar-refractivity contribution in [1.82, 2.24) is 15.2 Å². The van der Waals surface area contributed by atoms with E-state index in [1.54, 1.807) is 0 Å². The van der Waals surface area contributed by atoms with Gasteiger partial charge >= 0.3 is 0 Å². The van der Waals surface area contributed by atoms with Gasteiger partial charge in [-0.1, -0.05) is 43.2 Å². The van der Waals surface area contributed by atoms with Gasteiger partial charge in [0.1, 0.15) is 5.69 Å². The lowest BCUT2D eigenvalue weighted by Crippen LogP contribution is -2.46. The Hall–Kier alpha value is -2.40. The second-order valence-electron chi connectivity index (χ2n) is 7.61. The summed E-state index contributed by atoms with van der Waals surface area (Å²) in [5.74, 6) is -0.0406. The van der Waals surface area contributed by atoms with E-state index in [0.29, 0.717) is 11.7 Å². The van der Waals surface area contributed by atoms with Gasteiger partial charge in [0, 0.05) is 38.8 Å². The summed E-state index contributed by atoms with van der Waals surface area (Å²) < 4.78 is 0. The molecule has 0 unspecified atom stereocenters. The number of rotatable bonds is 5. The van der Waals surface area contributed by atoms with Gasteiger partial charge in [0.25, 0.3) is 5.91 Å². The van der Waals surface area contributed by atoms with Gasteiger partial charge in [0.2, 0.25) is 0 Å². The molecule has 4 rings (SSSR count). The maximum Gasteiger partial charge on any atom is 0.270 e. The number of nitrogens with one attached hydrogen (secondary N) is 1. The number of hydrogen-bond donors (Lipinski definition) is 1. The molecule has 2 aromatic rings. The molecule has 0 atom stereocenters. The smallest absolute Gasteiger partial charge is 0.270 e. The Kier molecular flexibility index (Phi) is 5.68. The molecule has 1 aromatic carbocycles. The number of pyridine rings is 1. The Bertz CT molecular complexity index is 733. The summed E-state index contributed by atoms with van der Waals surface area (Å²) in [6.45, 7) is 5.06. The minimum Gasteiger partial charge on any atom is -0.368 e. The largest absolute Gasteiger partial charge is 0.368 e. The summed E-state index contributed by atoms with van der Waals surface area (Å²) in [5, 5.41) is 3.10. The second-order valence-corrected chi connectivity index (χ2v) is 7.61. The number of anilines is 1. The summed E-state index contributed by atoms with van der Waals surface area (Å²) >= 11 is 0. The lowest BCUT2D eigenvalue weighted by Gasteiger charge is -2.36. The molecule has 1 amide bonds. The average Bonchev–Trinajstić information content (AvgIpc) is 3.22. The first-order chi connectivity index (χ1) is 13.3. The monoisotopic (exact) mass is 364 g/mol. The van der Waals surface area contributed by atoms with E-state index in [1.165, 1.54) is 18.4 Å². The van der Waals surface area contributed by atoms with Crippen LogP contribution in [0.15, 0.2) is 48.7 Å². The summed E-state index contributed by atoms with van der Waals surface area (Å²) in [7, 11) is 0. The fraction of sp³-hybridized carbons (Fsp3) is 0.455. The van der Waals surface area contributed by atoms with Crippen LogP contribution in [0.25, 0.3) is 0 Å². The zero-order valence-corrected chi connectivity index (χ0v) is 15.8. The molecule has 1 saturated heterocycles. The first-order valence-corrected chi connectivity index (χ1v) is 10.1. The summed E-state index contributed by atoms with van der Waals surface area (Å²) in [4.78, 5) is 21.6. The minimum absolute atomic E-state index is 0.0406. The van der Waals surface area contributed by atoms with Crippen LogP contribution in [0.4, 0.5) is 5.69 Å². The molecule has 0 radical (unpaired) electrons. The Morgan fingerprint density at radius 2 is 1.74 bits per heavy atom. The van der Waals surface area contributed by atoms with Gasteiger partial charge in [-0.2, -0.15) is 0 Å². The highest BCUT2D eigenvalue weighted by atomic mass is 16.1. The first kappa shape index (κ1) is 18.0. The van der Waals surface area contributed by atoms with E-state index in [-0.39, 0.29) is 5.91 Å². The van der Waals surface area contributed by atoms with Crippen LogP contribution < -0.4 is 10.2 Å². The lowest BCUT2D eigenvalue weighted by atomic mass is 10.2. The number of carbonyl (C=O) groups is 1. The van der Waals surface area contributed by atoms with E-state index >= 15 is 0 Å². The van der Waals surface area contributed by atoms with Crippen molar-refractivity contribution in [2.24, 2.45) is 0 Å². The standard InChI is InChI=1S/C22H28N4O/c27-22(24-19-8-4-5-9-19)21-11-10-20(16-23-21)26-14-12-25(13-15-26)17-18-6-2-1-3-7-18/h1-3,6-7,10-11,16,19H,4-5,8-9,12-15,17H2,(H,24,27). The van der Waals surface area contributed by atoms with Gasteiger partial charge in [0.05, 0.1) is 11.9 Å². The Morgan fingerprint density at radius 3 is 2.41 bits per heavy atom. The van der Waals surface area contributed by atoms with E-state index in [4.69, 9.17) is 0 Å². The van der Waals surface area contributed by atoms with Crippen LogP contribution >= 0.6 is 0 Å². The summed E-state index contributed by atoms with van der Waals surface area (Å²) in [5.41, 5.74) is 2.99. The van der Waals surface area contributed by atoms with Crippen molar-refractivity contribution in [1.29, 1.82) is 0 Å². The third-order valence-corrected chi connectivity index (χ3v) is 5.66. The Balaban J connectivity index is 1.29. The van der Waals surface area contributed by atoms with Gasteiger partial charge in [0.15, 0.2) is 0 Å². The molecule has 27 heavy (non-hydrogen) atoms. The zero-order chi connectivity index (χ0) is 18.5. The van der Waals surface area contributed by atoms with Crippen molar-refractivity contribution in [3.63, 3.8) is 0 Å². The fourth-order valence-electron chi connectivity index (χ4n) is 4.04. The van der Waals surface area contributed by atoms with Crippen LogP contribution in [-0.4, -0.2) is 48.0 Å². The second kappa shape index (κ2) is 8.53. The number of amides is 1. The van der Waals surface area contributed by atoms with Gasteiger partial charge in [-0.25, -0.2) is 4.98 Å². The SMILES string of the molecule is O=C(NC1CCCC1)c1ccc(N2CCN(Cc3ccccc3)CC2)cn1. The van der Waals surface area contributed by atoms with Crippen LogP contribution in [-0.2, 0) is 6.54 Å². The first-order valence-electron chi connectivity index (χ1n) is 10.1. The number of hydrogen-bond acceptors (Lipinski definition) is 4. The molecule has 1 N–H and O–H groups in total. The maximum atomic E-state index is 12.3. The van der Waals surface area contributed by atoms with Crippen molar-refractivity contribution < 1.29 is 4.79 Å². The highest BCUT2D eigenvalue weighted by Crippen LogP contribution is 2.19. The molecule has 0 spiro atoms. The van der Waals surface area contributed by atoms with Crippen LogP contribution in [0.2, 0.25) is 0 Å². The third-order valence-electron chi connectivity index (χ3n) is 5.66. The Morgan fingerprint density at radius 1 is 1.00 bits per heavy atom. The predicted molar refractivity (Wildman–Crippen MR) is 108 cm³/mol. The molecule has 1 aliphatic heterocycles. The number of piperazine rings is 1. The van der Waals surface area contributed by atoms with Crippen LogP contribution in [0.1, 0.15) is 41.7 Å². The van der Waals surface area contributed by atoms with E-state index in [0.717, 1.165) is 51.3 Å². The molecular formula is C22H28N4O. The van der Waals surface area contributed by atoms with E-state index < -0.39 is 0 Å². The molecule has 1 saturated carbocycles. The van der Waals surface area contributed by atoms with Crippen molar-refractivity contribution >= 4 is 11.6 Å². The van der Waals surface area contributed by atoms with Gasteiger partial charge in [-0.05, 0) is 30.5 Å². The van der Waals surface area contributed by atoms with Crippen LogP contribution in [0.3, 0.4) is 0 Å². The van der Waals surface area contributed by atoms with Crippen LogP contribution in [0, 0.1) is 0 Å². The van der Waals surface area contributed by atoms with Gasteiger partial charge in [-0.3, -0.25) is 9.69 Å². The van der Waals surface area contributed by atoms with Gasteiger partial charge in [-0.15, -0.1) is 0 Å². The normalized spacial score (nSPS) is 18.6. The highest BCUT2D eigenvalue weighted by molar-refractivity contribution is 5.92. The minimum atomic E-state index is -0.0406. The summed E-state index contributed by atoms with van der Waals surface area (Å²) in [6.07, 6.45) is 6.46. The molecule has 1 aromatic heterocycles. The molecule has 1 aliphatic carbocycles. The van der Waals surface area contributed by atoms with Gasteiger partial charge < -0.3 is 10.2 Å². The van der Waals surface area contributed by atoms with Crippen molar-refractivity contribution in [2.75, 3.05) is 31.1 Å². The van der Waals surface area contributed by atoms with E-state index in [1.807, 2.05) is 18.3 Å². The number of benzene rings is 1. The average molecular weight is 364 g/mol. The fourth-order valence-corrected chi connectivity index (χ4v) is 4.04. The molecule has 142 valence electrons. The van der Waals surface area contributed by atoms with E-state index in [9.17, 15) is 4.79 Å². The van der Waals surface area contributed by atoms with E-state index in [2.05, 4.69) is 50.4 Å². The molecular weight excluding hydrogens is 336 g/mol. The number of nitrogens with zero attached hydrogens (tertiary/aromatic N) is 3. The topological polar surface area (TPSA) is 48.5 Å². The molecule has 2 heterocycles. The number of carbonyl (C=O) groups excluding carboxylic acids is 1. The third kappa shape index (κ3) is 4.66. The van der Waals surface area contributed by atoms with Crippen molar-refractivity contribution in [3.8, 4) is 0 Å². The molecule has 5 heteroatoms. The summed E-state index contributed by atoms with van der Waals surface area (Å²) in [6, 6.07) is 14.9. The highest BCUT2D eigenvalue weighted by Gasteiger charge is 2.20.